The fourth-order valence-electron chi connectivity index (χ4n) is 1.61. The first-order valence-electron chi connectivity index (χ1n) is 5.62. The number of thiazole rings is 1. The largest absolute Gasteiger partial charge is 0.396 e. The highest BCUT2D eigenvalue weighted by molar-refractivity contribution is 7.09. The summed E-state index contributed by atoms with van der Waals surface area (Å²) in [5.74, 6) is -0.222. The molecule has 0 aromatic carbocycles. The summed E-state index contributed by atoms with van der Waals surface area (Å²) in [7, 11) is 0. The van der Waals surface area contributed by atoms with Gasteiger partial charge in [-0.15, -0.1) is 11.3 Å². The van der Waals surface area contributed by atoms with Crippen LogP contribution in [-0.4, -0.2) is 20.7 Å². The molecule has 0 atom stereocenters. The lowest BCUT2D eigenvalue weighted by Crippen LogP contribution is -2.26. The molecule has 6 nitrogen and oxygen atoms in total. The van der Waals surface area contributed by atoms with Crippen LogP contribution < -0.4 is 11.1 Å². The van der Waals surface area contributed by atoms with E-state index in [0.717, 1.165) is 10.7 Å². The van der Waals surface area contributed by atoms with E-state index in [0.29, 0.717) is 24.5 Å². The SMILES string of the molecule is CCn1ncc(N)c1C(=O)NCc1nc(C)cs1. The van der Waals surface area contributed by atoms with Crippen LogP contribution in [0, 0.1) is 6.92 Å². The highest BCUT2D eigenvalue weighted by atomic mass is 32.1. The number of nitrogen functional groups attached to an aromatic ring is 1. The number of hydrogen-bond donors (Lipinski definition) is 2. The lowest BCUT2D eigenvalue weighted by Gasteiger charge is -2.06. The van der Waals surface area contributed by atoms with Gasteiger partial charge in [0.05, 0.1) is 18.4 Å². The van der Waals surface area contributed by atoms with E-state index in [-0.39, 0.29) is 5.91 Å². The number of anilines is 1. The summed E-state index contributed by atoms with van der Waals surface area (Å²) in [4.78, 5) is 16.3. The van der Waals surface area contributed by atoms with Gasteiger partial charge in [-0.25, -0.2) is 4.98 Å². The highest BCUT2D eigenvalue weighted by Crippen LogP contribution is 2.12. The number of rotatable bonds is 4. The molecule has 96 valence electrons. The van der Waals surface area contributed by atoms with Crippen molar-refractivity contribution in [3.63, 3.8) is 0 Å². The Labute approximate surface area is 109 Å². The van der Waals surface area contributed by atoms with Crippen LogP contribution in [0.15, 0.2) is 11.6 Å². The van der Waals surface area contributed by atoms with Gasteiger partial charge in [-0.1, -0.05) is 0 Å². The standard InChI is InChI=1S/C11H15N5OS/c1-3-16-10(8(12)4-14-16)11(17)13-5-9-15-7(2)6-18-9/h4,6H,3,5,12H2,1-2H3,(H,13,17). The normalized spacial score (nSPS) is 10.6. The van der Waals surface area contributed by atoms with E-state index in [2.05, 4.69) is 15.4 Å². The Hall–Kier alpha value is -1.89. The third-order valence-electron chi connectivity index (χ3n) is 2.45. The molecule has 2 heterocycles. The van der Waals surface area contributed by atoms with E-state index in [9.17, 15) is 4.79 Å². The van der Waals surface area contributed by atoms with Gasteiger partial charge >= 0.3 is 0 Å². The topological polar surface area (TPSA) is 85.8 Å². The molecule has 0 unspecified atom stereocenters. The number of amides is 1. The van der Waals surface area contributed by atoms with Crippen molar-refractivity contribution in [1.29, 1.82) is 0 Å². The van der Waals surface area contributed by atoms with E-state index in [4.69, 9.17) is 5.73 Å². The second-order valence-corrected chi connectivity index (χ2v) is 4.77. The second kappa shape index (κ2) is 5.18. The van der Waals surface area contributed by atoms with Gasteiger partial charge in [0.1, 0.15) is 10.7 Å². The Morgan fingerprint density at radius 1 is 1.61 bits per heavy atom. The second-order valence-electron chi connectivity index (χ2n) is 3.83. The van der Waals surface area contributed by atoms with Gasteiger partial charge in [0, 0.05) is 17.6 Å². The monoisotopic (exact) mass is 265 g/mol. The summed E-state index contributed by atoms with van der Waals surface area (Å²) < 4.78 is 1.58. The molecular weight excluding hydrogens is 250 g/mol. The molecule has 0 aliphatic carbocycles. The summed E-state index contributed by atoms with van der Waals surface area (Å²) in [6, 6.07) is 0. The van der Waals surface area contributed by atoms with Gasteiger partial charge in [-0.05, 0) is 13.8 Å². The number of nitrogens with two attached hydrogens (primary N) is 1. The molecule has 0 bridgehead atoms. The van der Waals surface area contributed by atoms with E-state index in [1.54, 1.807) is 4.68 Å². The van der Waals surface area contributed by atoms with Crippen molar-refractivity contribution in [3.05, 3.63) is 28.0 Å². The first-order chi connectivity index (χ1) is 8.61. The molecule has 1 amide bonds. The summed E-state index contributed by atoms with van der Waals surface area (Å²) >= 11 is 1.52. The first kappa shape index (κ1) is 12.6. The van der Waals surface area contributed by atoms with E-state index in [1.807, 2.05) is 19.2 Å². The van der Waals surface area contributed by atoms with Crippen molar-refractivity contribution in [2.45, 2.75) is 26.9 Å². The Kier molecular flexibility index (Phi) is 3.61. The first-order valence-corrected chi connectivity index (χ1v) is 6.50. The Morgan fingerprint density at radius 2 is 2.39 bits per heavy atom. The Balaban J connectivity index is 2.05. The van der Waals surface area contributed by atoms with Crippen molar-refractivity contribution in [2.75, 3.05) is 5.73 Å². The summed E-state index contributed by atoms with van der Waals surface area (Å²) in [6.07, 6.45) is 1.49. The number of aryl methyl sites for hydroxylation is 2. The third-order valence-corrected chi connectivity index (χ3v) is 3.42. The molecule has 2 rings (SSSR count). The summed E-state index contributed by atoms with van der Waals surface area (Å²) in [5, 5.41) is 9.66. The molecular formula is C11H15N5OS. The summed E-state index contributed by atoms with van der Waals surface area (Å²) in [6.45, 7) is 4.85. The fourth-order valence-corrected chi connectivity index (χ4v) is 2.32. The Bertz CT molecular complexity index is 560. The molecule has 2 aromatic heterocycles. The minimum Gasteiger partial charge on any atom is -0.396 e. The average Bonchev–Trinajstić information content (AvgIpc) is 2.92. The van der Waals surface area contributed by atoms with Crippen molar-refractivity contribution in [2.24, 2.45) is 0 Å². The average molecular weight is 265 g/mol. The van der Waals surface area contributed by atoms with Crippen LogP contribution in [0.4, 0.5) is 5.69 Å². The summed E-state index contributed by atoms with van der Waals surface area (Å²) in [5.41, 5.74) is 7.50. The lowest BCUT2D eigenvalue weighted by atomic mass is 10.3. The van der Waals surface area contributed by atoms with Crippen LogP contribution in [0.5, 0.6) is 0 Å². The van der Waals surface area contributed by atoms with Crippen molar-refractivity contribution >= 4 is 22.9 Å². The minimum atomic E-state index is -0.222. The van der Waals surface area contributed by atoms with Crippen molar-refractivity contribution < 1.29 is 4.79 Å². The molecule has 0 spiro atoms. The molecule has 0 aliphatic heterocycles. The van der Waals surface area contributed by atoms with Crippen LogP contribution in [0.1, 0.15) is 28.1 Å². The quantitative estimate of drug-likeness (QED) is 0.869. The van der Waals surface area contributed by atoms with Crippen LogP contribution in [0.25, 0.3) is 0 Å². The predicted octanol–water partition coefficient (Wildman–Crippen LogP) is 1.18. The molecule has 3 N–H and O–H groups in total. The molecule has 0 saturated carbocycles. The van der Waals surface area contributed by atoms with E-state index < -0.39 is 0 Å². The van der Waals surface area contributed by atoms with Crippen LogP contribution >= 0.6 is 11.3 Å². The molecule has 0 fully saturated rings. The van der Waals surface area contributed by atoms with Gasteiger partial charge in [-0.2, -0.15) is 5.10 Å². The van der Waals surface area contributed by atoms with E-state index >= 15 is 0 Å². The van der Waals surface area contributed by atoms with Gasteiger partial charge < -0.3 is 11.1 Å². The fraction of sp³-hybridized carbons (Fsp3) is 0.364. The number of nitrogens with zero attached hydrogens (tertiary/aromatic N) is 3. The Morgan fingerprint density at radius 3 is 3.00 bits per heavy atom. The third kappa shape index (κ3) is 2.51. The molecule has 0 radical (unpaired) electrons. The molecule has 18 heavy (non-hydrogen) atoms. The maximum absolute atomic E-state index is 12.0. The van der Waals surface area contributed by atoms with Gasteiger partial charge in [-0.3, -0.25) is 9.48 Å². The van der Waals surface area contributed by atoms with E-state index in [1.165, 1.54) is 17.5 Å². The zero-order chi connectivity index (χ0) is 13.1. The zero-order valence-corrected chi connectivity index (χ0v) is 11.1. The maximum Gasteiger partial charge on any atom is 0.272 e. The van der Waals surface area contributed by atoms with Gasteiger partial charge in [0.15, 0.2) is 0 Å². The van der Waals surface area contributed by atoms with Crippen molar-refractivity contribution in [3.8, 4) is 0 Å². The number of carbonyl (C=O) groups is 1. The van der Waals surface area contributed by atoms with Crippen molar-refractivity contribution in [1.82, 2.24) is 20.1 Å². The highest BCUT2D eigenvalue weighted by Gasteiger charge is 2.15. The molecule has 2 aromatic rings. The lowest BCUT2D eigenvalue weighted by molar-refractivity contribution is 0.0941. The minimum absolute atomic E-state index is 0.222. The maximum atomic E-state index is 12.0. The number of nitrogens with one attached hydrogen (secondary N) is 1. The predicted molar refractivity (Wildman–Crippen MR) is 70.3 cm³/mol. The smallest absolute Gasteiger partial charge is 0.272 e. The van der Waals surface area contributed by atoms with Gasteiger partial charge in [0.25, 0.3) is 5.91 Å². The van der Waals surface area contributed by atoms with Crippen LogP contribution in [-0.2, 0) is 13.1 Å². The van der Waals surface area contributed by atoms with Crippen LogP contribution in [0.2, 0.25) is 0 Å². The molecule has 0 saturated heterocycles. The zero-order valence-electron chi connectivity index (χ0n) is 10.3. The molecule has 7 heteroatoms. The van der Waals surface area contributed by atoms with Crippen LogP contribution in [0.3, 0.4) is 0 Å². The number of carbonyl (C=O) groups excluding carboxylic acids is 1. The number of hydrogen-bond acceptors (Lipinski definition) is 5. The molecule has 0 aliphatic rings. The number of aromatic nitrogens is 3. The van der Waals surface area contributed by atoms with Gasteiger partial charge in [0.2, 0.25) is 0 Å².